The van der Waals surface area contributed by atoms with E-state index in [0.29, 0.717) is 0 Å². The summed E-state index contributed by atoms with van der Waals surface area (Å²) in [6.45, 7) is 0.951. The molecule has 2 rings (SSSR count). The zero-order valence-electron chi connectivity index (χ0n) is 10.9. The largest absolute Gasteiger partial charge is 0.393 e. The minimum Gasteiger partial charge on any atom is -0.393 e. The molecule has 0 aliphatic heterocycles. The number of fused-ring (bicyclic) bond motifs is 1. The number of hydrogen-bond donors (Lipinski definition) is 1. The van der Waals surface area contributed by atoms with Gasteiger partial charge in [-0.1, -0.05) is 18.2 Å². The maximum Gasteiger partial charge on any atom is 0.0592 e. The Morgan fingerprint density at radius 3 is 2.76 bits per heavy atom. The molecule has 1 aromatic carbocycles. The first-order valence-electron chi connectivity index (χ1n) is 6.58. The average Bonchev–Trinajstić information content (AvgIpc) is 2.73. The zero-order valence-corrected chi connectivity index (χ0v) is 10.9. The molecule has 1 aromatic rings. The van der Waals surface area contributed by atoms with Crippen LogP contribution in [0.3, 0.4) is 0 Å². The van der Waals surface area contributed by atoms with E-state index in [9.17, 15) is 5.11 Å². The Kier molecular flexibility index (Phi) is 4.19. The molecule has 0 aromatic heterocycles. The van der Waals surface area contributed by atoms with Gasteiger partial charge in [-0.25, -0.2) is 0 Å². The number of hydrogen-bond acceptors (Lipinski definition) is 2. The van der Waals surface area contributed by atoms with Gasteiger partial charge in [0.15, 0.2) is 0 Å². The molecule has 0 saturated carbocycles. The second-order valence-corrected chi connectivity index (χ2v) is 5.41. The third-order valence-corrected chi connectivity index (χ3v) is 3.54. The van der Waals surface area contributed by atoms with Crippen molar-refractivity contribution in [3.05, 3.63) is 34.9 Å². The number of aliphatic hydroxyl groups is 1. The van der Waals surface area contributed by atoms with Crippen LogP contribution in [0.5, 0.6) is 0 Å². The van der Waals surface area contributed by atoms with Crippen molar-refractivity contribution in [1.82, 2.24) is 4.90 Å². The second kappa shape index (κ2) is 5.65. The average molecular weight is 233 g/mol. The summed E-state index contributed by atoms with van der Waals surface area (Å²) in [6, 6.07) is 6.72. The van der Waals surface area contributed by atoms with E-state index in [0.717, 1.165) is 19.4 Å². The molecule has 0 fully saturated rings. The molecule has 2 nitrogen and oxygen atoms in total. The van der Waals surface area contributed by atoms with E-state index >= 15 is 0 Å². The van der Waals surface area contributed by atoms with Crippen molar-refractivity contribution in [3.63, 3.8) is 0 Å². The second-order valence-electron chi connectivity index (χ2n) is 5.41. The number of aryl methyl sites for hydroxylation is 2. The van der Waals surface area contributed by atoms with Crippen LogP contribution in [-0.2, 0) is 19.3 Å². The maximum atomic E-state index is 9.97. The van der Waals surface area contributed by atoms with E-state index in [1.54, 1.807) is 0 Å². The van der Waals surface area contributed by atoms with Crippen molar-refractivity contribution in [3.8, 4) is 0 Å². The van der Waals surface area contributed by atoms with E-state index in [2.05, 4.69) is 23.1 Å². The van der Waals surface area contributed by atoms with E-state index in [1.165, 1.54) is 36.0 Å². The molecular weight excluding hydrogens is 210 g/mol. The van der Waals surface area contributed by atoms with Gasteiger partial charge in [-0.2, -0.15) is 0 Å². The monoisotopic (exact) mass is 233 g/mol. The van der Waals surface area contributed by atoms with Gasteiger partial charge in [0.25, 0.3) is 0 Å². The number of nitrogens with zero attached hydrogens (tertiary/aromatic N) is 1. The number of benzene rings is 1. The van der Waals surface area contributed by atoms with Gasteiger partial charge in [-0.3, -0.25) is 0 Å². The molecule has 1 aliphatic rings. The smallest absolute Gasteiger partial charge is 0.0592 e. The number of aliphatic hydroxyl groups excluding tert-OH is 1. The first-order chi connectivity index (χ1) is 8.15. The van der Waals surface area contributed by atoms with Gasteiger partial charge >= 0.3 is 0 Å². The lowest BCUT2D eigenvalue weighted by atomic mass is 10.0. The summed E-state index contributed by atoms with van der Waals surface area (Å²) < 4.78 is 0. The summed E-state index contributed by atoms with van der Waals surface area (Å²) in [7, 11) is 4.09. The van der Waals surface area contributed by atoms with Crippen LogP contribution >= 0.6 is 0 Å². The Morgan fingerprint density at radius 2 is 2.00 bits per heavy atom. The van der Waals surface area contributed by atoms with E-state index in [1.807, 2.05) is 14.1 Å². The van der Waals surface area contributed by atoms with E-state index in [-0.39, 0.29) is 6.10 Å². The number of rotatable bonds is 5. The fraction of sp³-hybridized carbons (Fsp3) is 0.600. The quantitative estimate of drug-likeness (QED) is 0.841. The Hall–Kier alpha value is -0.860. The zero-order chi connectivity index (χ0) is 12.3. The molecule has 94 valence electrons. The standard InChI is InChI=1S/C15H23NO/c1-16(2)9-8-15(17)11-12-6-7-13-4-3-5-14(13)10-12/h6-7,10,15,17H,3-5,8-9,11H2,1-2H3. The Morgan fingerprint density at radius 1 is 1.24 bits per heavy atom. The van der Waals surface area contributed by atoms with Crippen LogP contribution in [0.1, 0.15) is 29.5 Å². The van der Waals surface area contributed by atoms with Gasteiger partial charge < -0.3 is 10.0 Å². The highest BCUT2D eigenvalue weighted by atomic mass is 16.3. The lowest BCUT2D eigenvalue weighted by molar-refractivity contribution is 0.152. The van der Waals surface area contributed by atoms with Crippen LogP contribution in [0.15, 0.2) is 18.2 Å². The Balaban J connectivity index is 1.90. The van der Waals surface area contributed by atoms with Crippen LogP contribution in [0.25, 0.3) is 0 Å². The summed E-state index contributed by atoms with van der Waals surface area (Å²) in [4.78, 5) is 2.12. The third-order valence-electron chi connectivity index (χ3n) is 3.54. The van der Waals surface area contributed by atoms with Crippen LogP contribution in [0.4, 0.5) is 0 Å². The predicted octanol–water partition coefficient (Wildman–Crippen LogP) is 2.03. The summed E-state index contributed by atoms with van der Waals surface area (Å²) in [5.74, 6) is 0. The van der Waals surface area contributed by atoms with E-state index in [4.69, 9.17) is 0 Å². The molecule has 1 aliphatic carbocycles. The molecule has 2 heteroatoms. The topological polar surface area (TPSA) is 23.5 Å². The van der Waals surface area contributed by atoms with Crippen LogP contribution in [-0.4, -0.2) is 36.8 Å². The lowest BCUT2D eigenvalue weighted by Gasteiger charge is -2.15. The molecule has 17 heavy (non-hydrogen) atoms. The van der Waals surface area contributed by atoms with Crippen LogP contribution < -0.4 is 0 Å². The molecule has 1 N–H and O–H groups in total. The molecule has 0 spiro atoms. The van der Waals surface area contributed by atoms with Gasteiger partial charge in [0, 0.05) is 0 Å². The van der Waals surface area contributed by atoms with Gasteiger partial charge in [-0.15, -0.1) is 0 Å². The fourth-order valence-electron chi connectivity index (χ4n) is 2.53. The minimum atomic E-state index is -0.211. The van der Waals surface area contributed by atoms with Crippen molar-refractivity contribution in [2.24, 2.45) is 0 Å². The Labute approximate surface area is 104 Å². The van der Waals surface area contributed by atoms with Crippen LogP contribution in [0.2, 0.25) is 0 Å². The highest BCUT2D eigenvalue weighted by Gasteiger charge is 2.12. The minimum absolute atomic E-state index is 0.211. The lowest BCUT2D eigenvalue weighted by Crippen LogP contribution is -2.20. The summed E-state index contributed by atoms with van der Waals surface area (Å²) in [5.41, 5.74) is 4.30. The molecule has 1 unspecified atom stereocenters. The fourth-order valence-corrected chi connectivity index (χ4v) is 2.53. The van der Waals surface area contributed by atoms with E-state index < -0.39 is 0 Å². The third kappa shape index (κ3) is 3.55. The van der Waals surface area contributed by atoms with Crippen LogP contribution in [0, 0.1) is 0 Å². The summed E-state index contributed by atoms with van der Waals surface area (Å²) in [5, 5.41) is 9.97. The Bertz CT molecular complexity index is 373. The van der Waals surface area contributed by atoms with Gasteiger partial charge in [0.05, 0.1) is 6.10 Å². The van der Waals surface area contributed by atoms with Crippen molar-refractivity contribution in [2.75, 3.05) is 20.6 Å². The highest BCUT2D eigenvalue weighted by molar-refractivity contribution is 5.35. The molecular formula is C15H23NO. The first kappa shape index (κ1) is 12.6. The van der Waals surface area contributed by atoms with Crippen molar-refractivity contribution in [1.29, 1.82) is 0 Å². The van der Waals surface area contributed by atoms with Crippen molar-refractivity contribution < 1.29 is 5.11 Å². The maximum absolute atomic E-state index is 9.97. The SMILES string of the molecule is CN(C)CCC(O)Cc1ccc2c(c1)CCC2. The van der Waals surface area contributed by atoms with Gasteiger partial charge in [0.1, 0.15) is 0 Å². The first-order valence-corrected chi connectivity index (χ1v) is 6.58. The van der Waals surface area contributed by atoms with Crippen molar-refractivity contribution in [2.45, 2.75) is 38.2 Å². The highest BCUT2D eigenvalue weighted by Crippen LogP contribution is 2.23. The summed E-state index contributed by atoms with van der Waals surface area (Å²) in [6.07, 6.45) is 5.18. The van der Waals surface area contributed by atoms with Gasteiger partial charge in [-0.05, 0) is 69.4 Å². The molecule has 1 atom stereocenters. The normalized spacial score (nSPS) is 16.2. The molecule has 0 radical (unpaired) electrons. The molecule has 0 heterocycles. The molecule has 0 amide bonds. The molecule has 0 bridgehead atoms. The summed E-state index contributed by atoms with van der Waals surface area (Å²) >= 11 is 0. The van der Waals surface area contributed by atoms with Crippen molar-refractivity contribution >= 4 is 0 Å². The van der Waals surface area contributed by atoms with Gasteiger partial charge in [0.2, 0.25) is 0 Å². The predicted molar refractivity (Wildman–Crippen MR) is 71.3 cm³/mol. The molecule has 0 saturated heterocycles.